The first kappa shape index (κ1) is 18.7. The van der Waals surface area contributed by atoms with Crippen molar-refractivity contribution in [1.29, 1.82) is 0 Å². The highest BCUT2D eigenvalue weighted by molar-refractivity contribution is 5.97. The molecule has 25 heavy (non-hydrogen) atoms. The average Bonchev–Trinajstić information content (AvgIpc) is 2.85. The lowest BCUT2D eigenvalue weighted by Gasteiger charge is -2.25. The van der Waals surface area contributed by atoms with Gasteiger partial charge in [0.25, 0.3) is 5.91 Å². The number of carbonyl (C=O) groups is 2. The molecule has 2 aromatic rings. The van der Waals surface area contributed by atoms with Crippen molar-refractivity contribution in [2.75, 3.05) is 13.7 Å². The van der Waals surface area contributed by atoms with Gasteiger partial charge in [-0.15, -0.1) is 0 Å². The summed E-state index contributed by atoms with van der Waals surface area (Å²) >= 11 is 0. The maximum atomic E-state index is 12.5. The number of aliphatic carboxylic acids is 1. The number of amides is 1. The van der Waals surface area contributed by atoms with Crippen molar-refractivity contribution in [2.24, 2.45) is 0 Å². The Morgan fingerprint density at radius 2 is 2.04 bits per heavy atom. The van der Waals surface area contributed by atoms with Crippen LogP contribution in [0.2, 0.25) is 0 Å². The van der Waals surface area contributed by atoms with Crippen LogP contribution in [0.3, 0.4) is 0 Å². The molecule has 2 rings (SSSR count). The van der Waals surface area contributed by atoms with Crippen molar-refractivity contribution in [3.63, 3.8) is 0 Å². The lowest BCUT2D eigenvalue weighted by atomic mass is 10.0. The molecule has 7 nitrogen and oxygen atoms in total. The van der Waals surface area contributed by atoms with Crippen molar-refractivity contribution in [3.05, 3.63) is 52.8 Å². The van der Waals surface area contributed by atoms with Gasteiger partial charge in [0.1, 0.15) is 0 Å². The average molecular weight is 345 g/mol. The van der Waals surface area contributed by atoms with Crippen molar-refractivity contribution >= 4 is 11.9 Å². The topological polar surface area (TPSA) is 93.5 Å². The summed E-state index contributed by atoms with van der Waals surface area (Å²) in [6.07, 6.45) is 0. The molecule has 2 N–H and O–H groups in total. The van der Waals surface area contributed by atoms with Gasteiger partial charge in [0.2, 0.25) is 0 Å². The lowest BCUT2D eigenvalue weighted by molar-refractivity contribution is -0.145. The molecular weight excluding hydrogens is 322 g/mol. The molecule has 0 saturated carbocycles. The summed E-state index contributed by atoms with van der Waals surface area (Å²) in [7, 11) is 1.39. The van der Waals surface area contributed by atoms with E-state index in [0.717, 1.165) is 17.0 Å². The van der Waals surface area contributed by atoms with Crippen molar-refractivity contribution in [2.45, 2.75) is 32.9 Å². The summed E-state index contributed by atoms with van der Waals surface area (Å²) in [5.74, 6) is -1.61. The van der Waals surface area contributed by atoms with E-state index in [1.165, 1.54) is 14.0 Å². The largest absolute Gasteiger partial charge is 0.479 e. The Balaban J connectivity index is 2.18. The number of benzene rings is 1. The van der Waals surface area contributed by atoms with Crippen molar-refractivity contribution in [3.8, 4) is 0 Å². The number of methoxy groups -OCH3 is 1. The summed E-state index contributed by atoms with van der Waals surface area (Å²) < 4.78 is 6.78. The van der Waals surface area contributed by atoms with Crippen LogP contribution in [0.15, 0.2) is 30.3 Å². The number of hydrogen-bond acceptors (Lipinski definition) is 4. The molecular formula is C18H23N3O4. The van der Waals surface area contributed by atoms with Gasteiger partial charge in [0.05, 0.1) is 18.8 Å². The summed E-state index contributed by atoms with van der Waals surface area (Å²) in [6.45, 7) is 5.72. The van der Waals surface area contributed by atoms with Crippen LogP contribution in [0, 0.1) is 13.8 Å². The molecule has 0 radical (unpaired) electrons. The Labute approximate surface area is 146 Å². The Bertz CT molecular complexity index is 784. The molecule has 7 heteroatoms. The molecule has 1 heterocycles. The second kappa shape index (κ2) is 7.48. The Hall–Kier alpha value is -2.67. The molecule has 0 spiro atoms. The molecule has 0 saturated heterocycles. The minimum atomic E-state index is -1.49. The van der Waals surface area contributed by atoms with E-state index >= 15 is 0 Å². The van der Waals surface area contributed by atoms with Crippen LogP contribution < -0.4 is 5.32 Å². The number of carboxylic acids is 1. The fraction of sp³-hybridized carbons (Fsp3) is 0.389. The highest BCUT2D eigenvalue weighted by Crippen LogP contribution is 2.12. The summed E-state index contributed by atoms with van der Waals surface area (Å²) in [5, 5.41) is 16.3. The Kier molecular flexibility index (Phi) is 5.58. The molecule has 134 valence electrons. The Morgan fingerprint density at radius 1 is 1.32 bits per heavy atom. The normalized spacial score (nSPS) is 13.3. The standard InChI is InChI=1S/C18H23N3O4/c1-12-8-13(2)21(20-12)10-14-6-5-7-15(9-14)16(22)19-18(3,11-25-4)17(23)24/h5-9H,10-11H2,1-4H3,(H,19,22)(H,23,24). The van der Waals surface area contributed by atoms with Gasteiger partial charge in [-0.25, -0.2) is 4.79 Å². The molecule has 0 aliphatic rings. The van der Waals surface area contributed by atoms with Gasteiger partial charge < -0.3 is 15.2 Å². The van der Waals surface area contributed by atoms with E-state index in [0.29, 0.717) is 12.1 Å². The van der Waals surface area contributed by atoms with Gasteiger partial charge in [0.15, 0.2) is 5.54 Å². The van der Waals surface area contributed by atoms with E-state index in [1.807, 2.05) is 30.7 Å². The van der Waals surface area contributed by atoms with Gasteiger partial charge in [-0.1, -0.05) is 12.1 Å². The molecule has 1 unspecified atom stereocenters. The molecule has 1 amide bonds. The van der Waals surface area contributed by atoms with Crippen molar-refractivity contribution < 1.29 is 19.4 Å². The fourth-order valence-electron chi connectivity index (χ4n) is 2.58. The van der Waals surface area contributed by atoms with Crippen LogP contribution in [0.5, 0.6) is 0 Å². The number of rotatable bonds is 7. The van der Waals surface area contributed by atoms with Gasteiger partial charge in [0, 0.05) is 18.4 Å². The number of ether oxygens (including phenoxy) is 1. The number of nitrogens with one attached hydrogen (secondary N) is 1. The van der Waals surface area contributed by atoms with Gasteiger partial charge >= 0.3 is 5.97 Å². The molecule has 1 atom stereocenters. The highest BCUT2D eigenvalue weighted by Gasteiger charge is 2.35. The van der Waals surface area contributed by atoms with E-state index < -0.39 is 17.4 Å². The third-order valence-corrected chi connectivity index (χ3v) is 3.92. The first-order valence-corrected chi connectivity index (χ1v) is 7.90. The van der Waals surface area contributed by atoms with Gasteiger partial charge in [-0.05, 0) is 44.5 Å². The first-order chi connectivity index (χ1) is 11.7. The lowest BCUT2D eigenvalue weighted by Crippen LogP contribution is -2.55. The molecule has 1 aromatic heterocycles. The molecule has 0 aliphatic carbocycles. The molecule has 1 aromatic carbocycles. The SMILES string of the molecule is COCC(C)(NC(=O)c1cccc(Cn2nc(C)cc2C)c1)C(=O)O. The number of aromatic nitrogens is 2. The molecule has 0 aliphatic heterocycles. The van der Waals surface area contributed by atoms with Gasteiger partial charge in [-0.3, -0.25) is 9.48 Å². The second-order valence-electron chi connectivity index (χ2n) is 6.31. The zero-order valence-corrected chi connectivity index (χ0v) is 14.9. The van der Waals surface area contributed by atoms with E-state index in [4.69, 9.17) is 4.74 Å². The monoisotopic (exact) mass is 345 g/mol. The minimum Gasteiger partial charge on any atom is -0.479 e. The third-order valence-electron chi connectivity index (χ3n) is 3.92. The quantitative estimate of drug-likeness (QED) is 0.798. The number of carbonyl (C=O) groups excluding carboxylic acids is 1. The van der Waals surface area contributed by atoms with Crippen LogP contribution >= 0.6 is 0 Å². The van der Waals surface area contributed by atoms with Crippen LogP contribution in [0.1, 0.15) is 34.2 Å². The zero-order valence-electron chi connectivity index (χ0n) is 14.9. The predicted molar refractivity (Wildman–Crippen MR) is 92.6 cm³/mol. The number of aryl methyl sites for hydroxylation is 2. The van der Waals surface area contributed by atoms with E-state index in [9.17, 15) is 14.7 Å². The van der Waals surface area contributed by atoms with E-state index in [-0.39, 0.29) is 6.61 Å². The summed E-state index contributed by atoms with van der Waals surface area (Å²) in [6, 6.07) is 9.04. The maximum absolute atomic E-state index is 12.5. The third kappa shape index (κ3) is 4.45. The highest BCUT2D eigenvalue weighted by atomic mass is 16.5. The molecule has 0 fully saturated rings. The van der Waals surface area contributed by atoms with Crippen LogP contribution in [-0.4, -0.2) is 46.0 Å². The maximum Gasteiger partial charge on any atom is 0.331 e. The predicted octanol–water partition coefficient (Wildman–Crippen LogP) is 1.77. The Morgan fingerprint density at radius 3 is 2.60 bits per heavy atom. The van der Waals surface area contributed by atoms with E-state index in [1.54, 1.807) is 18.2 Å². The van der Waals surface area contributed by atoms with Crippen LogP contribution in [0.4, 0.5) is 0 Å². The summed E-state index contributed by atoms with van der Waals surface area (Å²) in [5.41, 5.74) is 1.77. The number of nitrogens with zero attached hydrogens (tertiary/aromatic N) is 2. The van der Waals surface area contributed by atoms with E-state index in [2.05, 4.69) is 10.4 Å². The first-order valence-electron chi connectivity index (χ1n) is 7.90. The second-order valence-corrected chi connectivity index (χ2v) is 6.31. The summed E-state index contributed by atoms with van der Waals surface area (Å²) in [4.78, 5) is 23.9. The number of carboxylic acid groups (broad SMARTS) is 1. The van der Waals surface area contributed by atoms with Gasteiger partial charge in [-0.2, -0.15) is 5.10 Å². The zero-order chi connectivity index (χ0) is 18.6. The fourth-order valence-corrected chi connectivity index (χ4v) is 2.58. The van der Waals surface area contributed by atoms with Crippen LogP contribution in [-0.2, 0) is 16.1 Å². The molecule has 0 bridgehead atoms. The smallest absolute Gasteiger partial charge is 0.331 e. The minimum absolute atomic E-state index is 0.125. The number of hydrogen-bond donors (Lipinski definition) is 2. The van der Waals surface area contributed by atoms with Crippen molar-refractivity contribution in [1.82, 2.24) is 15.1 Å². The van der Waals surface area contributed by atoms with Crippen LogP contribution in [0.25, 0.3) is 0 Å².